The molecule has 3 unspecified atom stereocenters. The second-order valence-electron chi connectivity index (χ2n) is 6.91. The molecule has 1 amide bonds. The van der Waals surface area contributed by atoms with Crippen molar-refractivity contribution in [2.24, 2.45) is 17.3 Å². The van der Waals surface area contributed by atoms with Gasteiger partial charge in [-0.25, -0.2) is 0 Å². The van der Waals surface area contributed by atoms with Crippen molar-refractivity contribution in [3.8, 4) is 0 Å². The van der Waals surface area contributed by atoms with E-state index in [1.807, 2.05) is 0 Å². The topological polar surface area (TPSA) is 29.1 Å². The van der Waals surface area contributed by atoms with Gasteiger partial charge in [0.1, 0.15) is 0 Å². The highest BCUT2D eigenvalue weighted by Crippen LogP contribution is 2.42. The van der Waals surface area contributed by atoms with Crippen LogP contribution >= 0.6 is 11.8 Å². The lowest BCUT2D eigenvalue weighted by atomic mass is 9.67. The van der Waals surface area contributed by atoms with Gasteiger partial charge in [0.15, 0.2) is 0 Å². The molecule has 1 N–H and O–H groups in total. The largest absolute Gasteiger partial charge is 0.353 e. The molecule has 3 atom stereocenters. The van der Waals surface area contributed by atoms with Crippen LogP contribution in [0.1, 0.15) is 53.4 Å². The fourth-order valence-corrected chi connectivity index (χ4v) is 4.17. The third-order valence-electron chi connectivity index (χ3n) is 3.78. The summed E-state index contributed by atoms with van der Waals surface area (Å²) >= 11 is 1.78. The Bertz CT molecular complexity index is 278. The second kappa shape index (κ2) is 6.83. The first-order chi connectivity index (χ1) is 8.32. The van der Waals surface area contributed by atoms with Crippen LogP contribution in [-0.2, 0) is 4.79 Å². The molecule has 1 rings (SSSR count). The van der Waals surface area contributed by atoms with Gasteiger partial charge < -0.3 is 5.32 Å². The van der Waals surface area contributed by atoms with Crippen LogP contribution in [0, 0.1) is 17.3 Å². The molecule has 2 nitrogen and oxygen atoms in total. The smallest absolute Gasteiger partial charge is 0.220 e. The standard InChI is InChI=1S/C15H29NOS/c1-11-6-13(9-15(3,4)8-11)7-14(17)16-12(2)10-18-5/h11-13H,6-10H2,1-5H3,(H,16,17). The Morgan fingerprint density at radius 2 is 2.11 bits per heavy atom. The zero-order valence-electron chi connectivity index (χ0n) is 12.6. The van der Waals surface area contributed by atoms with Crippen LogP contribution in [0.2, 0.25) is 0 Å². The molecule has 0 radical (unpaired) electrons. The Labute approximate surface area is 117 Å². The molecule has 0 heterocycles. The van der Waals surface area contributed by atoms with E-state index >= 15 is 0 Å². The van der Waals surface area contributed by atoms with E-state index in [1.165, 1.54) is 19.3 Å². The predicted molar refractivity (Wildman–Crippen MR) is 80.9 cm³/mol. The molecule has 18 heavy (non-hydrogen) atoms. The molecule has 1 aliphatic rings. The summed E-state index contributed by atoms with van der Waals surface area (Å²) in [6.45, 7) is 9.08. The van der Waals surface area contributed by atoms with Crippen LogP contribution in [-0.4, -0.2) is 24.0 Å². The number of rotatable bonds is 5. The maximum atomic E-state index is 12.0. The fourth-order valence-electron chi connectivity index (χ4n) is 3.59. The van der Waals surface area contributed by atoms with Crippen molar-refractivity contribution in [2.45, 2.75) is 59.4 Å². The molecule has 1 saturated carbocycles. The van der Waals surface area contributed by atoms with Gasteiger partial charge in [0.05, 0.1) is 0 Å². The summed E-state index contributed by atoms with van der Waals surface area (Å²) in [5.41, 5.74) is 0.410. The number of nitrogens with one attached hydrogen (secondary N) is 1. The first-order valence-electron chi connectivity index (χ1n) is 7.10. The highest BCUT2D eigenvalue weighted by Gasteiger charge is 2.32. The molecule has 0 aromatic rings. The van der Waals surface area contributed by atoms with E-state index in [1.54, 1.807) is 11.8 Å². The highest BCUT2D eigenvalue weighted by atomic mass is 32.2. The average molecular weight is 271 g/mol. The summed E-state index contributed by atoms with van der Waals surface area (Å²) in [5.74, 6) is 2.57. The lowest BCUT2D eigenvalue weighted by molar-refractivity contribution is -0.123. The molecule has 3 heteroatoms. The van der Waals surface area contributed by atoms with E-state index < -0.39 is 0 Å². The van der Waals surface area contributed by atoms with Crippen LogP contribution < -0.4 is 5.32 Å². The minimum Gasteiger partial charge on any atom is -0.353 e. The second-order valence-corrected chi connectivity index (χ2v) is 7.82. The zero-order chi connectivity index (χ0) is 13.8. The Kier molecular flexibility index (Phi) is 6.03. The maximum Gasteiger partial charge on any atom is 0.220 e. The lowest BCUT2D eigenvalue weighted by Gasteiger charge is -2.38. The van der Waals surface area contributed by atoms with Crippen molar-refractivity contribution in [3.05, 3.63) is 0 Å². The van der Waals surface area contributed by atoms with Gasteiger partial charge >= 0.3 is 0 Å². The van der Waals surface area contributed by atoms with E-state index in [2.05, 4.69) is 39.3 Å². The summed E-state index contributed by atoms with van der Waals surface area (Å²) in [6.07, 6.45) is 6.50. The van der Waals surface area contributed by atoms with Crippen molar-refractivity contribution >= 4 is 17.7 Å². The molecule has 0 aromatic heterocycles. The Balaban J connectivity index is 2.39. The molecule has 0 spiro atoms. The molecular formula is C15H29NOS. The first kappa shape index (κ1) is 15.9. The van der Waals surface area contributed by atoms with Gasteiger partial charge in [-0.1, -0.05) is 20.8 Å². The van der Waals surface area contributed by atoms with Crippen LogP contribution in [0.5, 0.6) is 0 Å². The molecule has 106 valence electrons. The number of carbonyl (C=O) groups is 1. The molecule has 1 fully saturated rings. The van der Waals surface area contributed by atoms with Crippen molar-refractivity contribution in [3.63, 3.8) is 0 Å². The predicted octanol–water partition coefficient (Wildman–Crippen LogP) is 3.71. The van der Waals surface area contributed by atoms with E-state index in [9.17, 15) is 4.79 Å². The lowest BCUT2D eigenvalue weighted by Crippen LogP contribution is -2.37. The van der Waals surface area contributed by atoms with Crippen LogP contribution in [0.3, 0.4) is 0 Å². The normalized spacial score (nSPS) is 28.7. The number of amides is 1. The van der Waals surface area contributed by atoms with Gasteiger partial charge in [-0.3, -0.25) is 4.79 Å². The highest BCUT2D eigenvalue weighted by molar-refractivity contribution is 7.98. The third kappa shape index (κ3) is 5.64. The molecule has 0 bridgehead atoms. The van der Waals surface area contributed by atoms with E-state index in [0.29, 0.717) is 23.8 Å². The molecule has 0 aromatic carbocycles. The molecule has 0 saturated heterocycles. The monoisotopic (exact) mass is 271 g/mol. The SMILES string of the molecule is CSCC(C)NC(=O)CC1CC(C)CC(C)(C)C1. The van der Waals surface area contributed by atoms with Gasteiger partial charge in [-0.2, -0.15) is 11.8 Å². The zero-order valence-corrected chi connectivity index (χ0v) is 13.4. The summed E-state index contributed by atoms with van der Waals surface area (Å²) in [7, 11) is 0. The van der Waals surface area contributed by atoms with Crippen LogP contribution in [0.4, 0.5) is 0 Å². The third-order valence-corrected chi connectivity index (χ3v) is 4.61. The van der Waals surface area contributed by atoms with Gasteiger partial charge in [0, 0.05) is 18.2 Å². The van der Waals surface area contributed by atoms with E-state index in [-0.39, 0.29) is 5.91 Å². The van der Waals surface area contributed by atoms with Gasteiger partial charge in [0.2, 0.25) is 5.91 Å². The van der Waals surface area contributed by atoms with Gasteiger partial charge in [0.25, 0.3) is 0 Å². The maximum absolute atomic E-state index is 12.0. The van der Waals surface area contributed by atoms with Crippen molar-refractivity contribution in [1.29, 1.82) is 0 Å². The summed E-state index contributed by atoms with van der Waals surface area (Å²) in [5, 5.41) is 3.11. The fraction of sp³-hybridized carbons (Fsp3) is 0.933. The van der Waals surface area contributed by atoms with Crippen LogP contribution in [0.15, 0.2) is 0 Å². The minimum absolute atomic E-state index is 0.242. The van der Waals surface area contributed by atoms with Crippen molar-refractivity contribution < 1.29 is 4.79 Å². The number of hydrogen-bond donors (Lipinski definition) is 1. The molecular weight excluding hydrogens is 242 g/mol. The molecule has 1 aliphatic carbocycles. The quantitative estimate of drug-likeness (QED) is 0.826. The average Bonchev–Trinajstić information content (AvgIpc) is 2.12. The molecule has 0 aliphatic heterocycles. The van der Waals surface area contributed by atoms with Gasteiger partial charge in [-0.05, 0) is 49.7 Å². The van der Waals surface area contributed by atoms with Crippen molar-refractivity contribution in [1.82, 2.24) is 5.32 Å². The Morgan fingerprint density at radius 3 is 2.67 bits per heavy atom. The minimum atomic E-state index is 0.242. The van der Waals surface area contributed by atoms with E-state index in [0.717, 1.165) is 11.7 Å². The first-order valence-corrected chi connectivity index (χ1v) is 8.50. The van der Waals surface area contributed by atoms with Crippen LogP contribution in [0.25, 0.3) is 0 Å². The number of carbonyl (C=O) groups excluding carboxylic acids is 1. The summed E-state index contributed by atoms with van der Waals surface area (Å²) in [4.78, 5) is 12.0. The Morgan fingerprint density at radius 1 is 1.44 bits per heavy atom. The van der Waals surface area contributed by atoms with E-state index in [4.69, 9.17) is 0 Å². The summed E-state index contributed by atoms with van der Waals surface area (Å²) in [6, 6.07) is 0.293. The summed E-state index contributed by atoms with van der Waals surface area (Å²) < 4.78 is 0. The number of thioether (sulfide) groups is 1. The number of hydrogen-bond acceptors (Lipinski definition) is 2. The van der Waals surface area contributed by atoms with Crippen molar-refractivity contribution in [2.75, 3.05) is 12.0 Å². The van der Waals surface area contributed by atoms with Gasteiger partial charge in [-0.15, -0.1) is 0 Å². The Hall–Kier alpha value is -0.180.